The molecule has 17 heavy (non-hydrogen) atoms. The molecule has 2 unspecified atom stereocenters. The molecule has 0 aliphatic carbocycles. The van der Waals surface area contributed by atoms with Gasteiger partial charge in [0.25, 0.3) is 0 Å². The first-order valence-electron chi connectivity index (χ1n) is 6.38. The zero-order valence-electron chi connectivity index (χ0n) is 10.5. The zero-order chi connectivity index (χ0) is 12.5. The highest BCUT2D eigenvalue weighted by Gasteiger charge is 2.28. The summed E-state index contributed by atoms with van der Waals surface area (Å²) in [6, 6.07) is 0.310. The maximum absolute atomic E-state index is 11.5. The van der Waals surface area contributed by atoms with Gasteiger partial charge in [-0.1, -0.05) is 0 Å². The van der Waals surface area contributed by atoms with Crippen LogP contribution in [0.5, 0.6) is 0 Å². The summed E-state index contributed by atoms with van der Waals surface area (Å²) in [4.78, 5) is 2.38. The Morgan fingerprint density at radius 1 is 1.24 bits per heavy atom. The molecule has 0 radical (unpaired) electrons. The highest BCUT2D eigenvalue weighted by atomic mass is 32.2. The molecule has 0 bridgehead atoms. The quantitative estimate of drug-likeness (QED) is 0.757. The van der Waals surface area contributed by atoms with E-state index in [0.29, 0.717) is 25.0 Å². The van der Waals surface area contributed by atoms with Crippen molar-refractivity contribution in [3.8, 4) is 0 Å². The fourth-order valence-corrected chi connectivity index (χ4v) is 3.81. The lowest BCUT2D eigenvalue weighted by molar-refractivity contribution is 0.199. The number of nitrogens with two attached hydrogens (primary N) is 1. The van der Waals surface area contributed by atoms with Crippen molar-refractivity contribution < 1.29 is 8.42 Å². The average Bonchev–Trinajstić information content (AvgIpc) is 2.63. The lowest BCUT2D eigenvalue weighted by Gasteiger charge is -2.33. The first kappa shape index (κ1) is 13.3. The minimum absolute atomic E-state index is 0.310. The predicted octanol–water partition coefficient (Wildman–Crippen LogP) is -0.309. The second-order valence-corrected chi connectivity index (χ2v) is 7.42. The van der Waals surface area contributed by atoms with Crippen LogP contribution in [0, 0.1) is 5.92 Å². The van der Waals surface area contributed by atoms with E-state index >= 15 is 0 Å². The Balaban J connectivity index is 1.85. The second-order valence-electron chi connectivity index (χ2n) is 5.44. The molecule has 0 spiro atoms. The van der Waals surface area contributed by atoms with Crippen molar-refractivity contribution in [1.82, 2.24) is 9.21 Å². The van der Waals surface area contributed by atoms with Gasteiger partial charge in [-0.3, -0.25) is 0 Å². The summed E-state index contributed by atoms with van der Waals surface area (Å²) >= 11 is 0. The molecule has 0 aromatic heterocycles. The van der Waals surface area contributed by atoms with E-state index in [1.165, 1.54) is 6.26 Å². The Labute approximate surface area is 104 Å². The molecule has 2 heterocycles. The molecule has 2 aliphatic rings. The van der Waals surface area contributed by atoms with Crippen LogP contribution >= 0.6 is 0 Å². The van der Waals surface area contributed by atoms with Crippen LogP contribution in [0.4, 0.5) is 0 Å². The molecule has 0 amide bonds. The maximum atomic E-state index is 11.5. The fraction of sp³-hybridized carbons (Fsp3) is 1.00. The Morgan fingerprint density at radius 2 is 2.00 bits per heavy atom. The third kappa shape index (κ3) is 3.64. The lowest BCUT2D eigenvalue weighted by atomic mass is 9.99. The smallest absolute Gasteiger partial charge is 0.211 e. The number of likely N-dealkylation sites (tertiary alicyclic amines) is 1. The third-order valence-electron chi connectivity index (χ3n) is 3.78. The predicted molar refractivity (Wildman–Crippen MR) is 68.2 cm³/mol. The summed E-state index contributed by atoms with van der Waals surface area (Å²) in [7, 11) is -3.01. The van der Waals surface area contributed by atoms with Crippen LogP contribution in [-0.2, 0) is 10.0 Å². The standard InChI is InChI=1S/C11H23N3O2S/c1-17(15,16)14-5-2-3-10(8-14)7-13-6-4-11(12)9-13/h10-11H,2-9,12H2,1H3. The van der Waals surface area contributed by atoms with E-state index < -0.39 is 10.0 Å². The van der Waals surface area contributed by atoms with Crippen molar-refractivity contribution >= 4 is 10.0 Å². The van der Waals surface area contributed by atoms with Gasteiger partial charge in [-0.15, -0.1) is 0 Å². The molecule has 0 aromatic rings. The van der Waals surface area contributed by atoms with Gasteiger partial charge >= 0.3 is 0 Å². The molecule has 0 saturated carbocycles. The van der Waals surface area contributed by atoms with Crippen molar-refractivity contribution in [2.75, 3.05) is 39.0 Å². The highest BCUT2D eigenvalue weighted by molar-refractivity contribution is 7.88. The molecule has 5 nitrogen and oxygen atoms in total. The first-order chi connectivity index (χ1) is 7.95. The molecule has 2 rings (SSSR count). The van der Waals surface area contributed by atoms with E-state index in [2.05, 4.69) is 4.90 Å². The SMILES string of the molecule is CS(=O)(=O)N1CCCC(CN2CCC(N)C2)C1. The topological polar surface area (TPSA) is 66.6 Å². The Bertz CT molecular complexity index is 358. The van der Waals surface area contributed by atoms with Crippen molar-refractivity contribution in [2.45, 2.75) is 25.3 Å². The van der Waals surface area contributed by atoms with Crippen LogP contribution in [0.25, 0.3) is 0 Å². The molecule has 2 N–H and O–H groups in total. The van der Waals surface area contributed by atoms with E-state index in [1.54, 1.807) is 4.31 Å². The van der Waals surface area contributed by atoms with Crippen molar-refractivity contribution in [3.05, 3.63) is 0 Å². The van der Waals surface area contributed by atoms with Crippen LogP contribution in [0.1, 0.15) is 19.3 Å². The monoisotopic (exact) mass is 261 g/mol. The zero-order valence-corrected chi connectivity index (χ0v) is 11.3. The van der Waals surface area contributed by atoms with E-state index in [9.17, 15) is 8.42 Å². The molecule has 6 heteroatoms. The van der Waals surface area contributed by atoms with Crippen molar-refractivity contribution in [3.63, 3.8) is 0 Å². The van der Waals surface area contributed by atoms with Gasteiger partial charge in [0.1, 0.15) is 0 Å². The van der Waals surface area contributed by atoms with Crippen LogP contribution in [0.15, 0.2) is 0 Å². The van der Waals surface area contributed by atoms with Crippen molar-refractivity contribution in [1.29, 1.82) is 0 Å². The van der Waals surface area contributed by atoms with Crippen molar-refractivity contribution in [2.24, 2.45) is 11.7 Å². The largest absolute Gasteiger partial charge is 0.326 e. The number of hydrogen-bond donors (Lipinski definition) is 1. The lowest BCUT2D eigenvalue weighted by Crippen LogP contribution is -2.43. The molecule has 2 fully saturated rings. The summed E-state index contributed by atoms with van der Waals surface area (Å²) in [5.74, 6) is 0.476. The molecule has 100 valence electrons. The average molecular weight is 261 g/mol. The summed E-state index contributed by atoms with van der Waals surface area (Å²) in [6.07, 6.45) is 4.50. The molecule has 2 aliphatic heterocycles. The second kappa shape index (κ2) is 5.22. The number of rotatable bonds is 3. The molecule has 2 saturated heterocycles. The third-order valence-corrected chi connectivity index (χ3v) is 5.05. The van der Waals surface area contributed by atoms with Crippen LogP contribution < -0.4 is 5.73 Å². The molecule has 2 atom stereocenters. The number of nitrogens with zero attached hydrogens (tertiary/aromatic N) is 2. The number of sulfonamides is 1. The minimum Gasteiger partial charge on any atom is -0.326 e. The Kier molecular flexibility index (Phi) is 4.07. The number of hydrogen-bond acceptors (Lipinski definition) is 4. The van der Waals surface area contributed by atoms with E-state index in [0.717, 1.165) is 38.9 Å². The Morgan fingerprint density at radius 3 is 2.59 bits per heavy atom. The van der Waals surface area contributed by atoms with Gasteiger partial charge in [-0.2, -0.15) is 0 Å². The molecular weight excluding hydrogens is 238 g/mol. The number of piperidine rings is 1. The van der Waals surface area contributed by atoms with Gasteiger partial charge in [-0.25, -0.2) is 12.7 Å². The normalized spacial score (nSPS) is 33.1. The van der Waals surface area contributed by atoms with Crippen LogP contribution in [-0.4, -0.2) is 62.6 Å². The maximum Gasteiger partial charge on any atom is 0.211 e. The van der Waals surface area contributed by atoms with Gasteiger partial charge in [0.2, 0.25) is 10.0 Å². The summed E-state index contributed by atoms with van der Waals surface area (Å²) < 4.78 is 24.6. The fourth-order valence-electron chi connectivity index (χ4n) is 2.87. The van der Waals surface area contributed by atoms with Gasteiger partial charge < -0.3 is 10.6 Å². The van der Waals surface area contributed by atoms with E-state index in [1.807, 2.05) is 0 Å². The Hall–Kier alpha value is -0.170. The van der Waals surface area contributed by atoms with E-state index in [4.69, 9.17) is 5.73 Å². The van der Waals surface area contributed by atoms with Gasteiger partial charge in [0.05, 0.1) is 6.26 Å². The van der Waals surface area contributed by atoms with Crippen LogP contribution in [0.2, 0.25) is 0 Å². The van der Waals surface area contributed by atoms with Crippen LogP contribution in [0.3, 0.4) is 0 Å². The van der Waals surface area contributed by atoms with E-state index in [-0.39, 0.29) is 0 Å². The van der Waals surface area contributed by atoms with Gasteiger partial charge in [0.15, 0.2) is 0 Å². The summed E-state index contributed by atoms with van der Waals surface area (Å²) in [5, 5.41) is 0. The van der Waals surface area contributed by atoms with Gasteiger partial charge in [0, 0.05) is 32.2 Å². The van der Waals surface area contributed by atoms with Gasteiger partial charge in [-0.05, 0) is 31.7 Å². The minimum atomic E-state index is -3.01. The molecular formula is C11H23N3O2S. The summed E-state index contributed by atoms with van der Waals surface area (Å²) in [5.41, 5.74) is 5.88. The summed E-state index contributed by atoms with van der Waals surface area (Å²) in [6.45, 7) is 4.41. The highest BCUT2D eigenvalue weighted by Crippen LogP contribution is 2.21. The first-order valence-corrected chi connectivity index (χ1v) is 8.23. The molecule has 0 aromatic carbocycles.